The van der Waals surface area contributed by atoms with Crippen molar-refractivity contribution in [2.75, 3.05) is 13.7 Å². The van der Waals surface area contributed by atoms with E-state index in [1.165, 1.54) is 16.7 Å². The van der Waals surface area contributed by atoms with Crippen LogP contribution in [0.5, 0.6) is 0 Å². The maximum Gasteiger partial charge on any atom is 0.354 e. The first-order valence-corrected chi connectivity index (χ1v) is 19.3. The Bertz CT molecular complexity index is 1440. The van der Waals surface area contributed by atoms with Gasteiger partial charge in [0.2, 0.25) is 5.91 Å². The molecule has 0 spiro atoms. The minimum Gasteiger partial charge on any atom is -0.469 e. The van der Waals surface area contributed by atoms with E-state index in [2.05, 4.69) is 59.7 Å². The van der Waals surface area contributed by atoms with Crippen LogP contribution in [0, 0.1) is 50.2 Å². The van der Waals surface area contributed by atoms with Crippen LogP contribution in [0.25, 0.3) is 0 Å². The molecule has 0 aromatic heterocycles. The van der Waals surface area contributed by atoms with Gasteiger partial charge in [-0.2, -0.15) is 0 Å². The number of fused-ring (bicyclic) bond motifs is 7. The monoisotopic (exact) mass is 684 g/mol. The van der Waals surface area contributed by atoms with Crippen LogP contribution in [0.3, 0.4) is 0 Å². The van der Waals surface area contributed by atoms with Crippen LogP contribution in [-0.4, -0.2) is 51.7 Å². The van der Waals surface area contributed by atoms with E-state index in [0.29, 0.717) is 22.6 Å². The molecule has 260 valence electrons. The molecule has 4 saturated carbocycles. The number of carbonyl (C=O) groups excluding carboxylic acids is 3. The van der Waals surface area contributed by atoms with Crippen LogP contribution in [0.4, 0.5) is 0 Å². The standard InChI is InChI=1S/C38H56N2O5S2/c1-10-25-30(42)40(32(46)47-25)22-29(41)45-39-28-14-15-35(6)26(34(28,4)5)13-16-37(8)27(35)12-11-23-24-21-33(2,3)17-19-38(24,31(43)44-9)20-18-36(23,37)7/h11,24-27H,10,12-22H2,1-9H3/b39-28-/t24-,25-,26-,27-,35+,36-,37-,38+/m1/s1. The molecular formula is C38H56N2O5S2. The molecule has 0 unspecified atom stereocenters. The first-order chi connectivity index (χ1) is 21.9. The molecule has 0 aromatic carbocycles. The lowest BCUT2D eigenvalue weighted by molar-refractivity contribution is -0.181. The molecule has 0 radical (unpaired) electrons. The molecule has 5 aliphatic carbocycles. The first kappa shape index (κ1) is 35.1. The number of amides is 1. The highest BCUT2D eigenvalue weighted by Gasteiger charge is 2.69. The fourth-order valence-corrected chi connectivity index (χ4v) is 13.4. The van der Waals surface area contributed by atoms with E-state index in [9.17, 15) is 14.4 Å². The molecule has 6 aliphatic rings. The van der Waals surface area contributed by atoms with Crippen molar-refractivity contribution in [2.45, 2.75) is 131 Å². The number of nitrogens with zero attached hydrogens (tertiary/aromatic N) is 2. The SMILES string of the molecule is CC[C@H]1SC(=S)N(CC(=O)O/N=C2/CC[C@@]3(C)[C@H](CC[C@]4(C)[C@@H]3CC=C3[C@H]5CC(C)(C)CC[C@]5(C(=O)OC)CC[C@]34C)C2(C)C)C1=O. The molecule has 6 rings (SSSR count). The highest BCUT2D eigenvalue weighted by atomic mass is 32.2. The van der Waals surface area contributed by atoms with Crippen molar-refractivity contribution in [2.24, 2.45) is 55.4 Å². The topological polar surface area (TPSA) is 85.3 Å². The molecule has 5 fully saturated rings. The van der Waals surface area contributed by atoms with Gasteiger partial charge in [-0.25, -0.2) is 4.79 Å². The average molecular weight is 685 g/mol. The van der Waals surface area contributed by atoms with Gasteiger partial charge in [-0.15, -0.1) is 0 Å². The Morgan fingerprint density at radius 2 is 1.72 bits per heavy atom. The lowest BCUT2D eigenvalue weighted by atomic mass is 9.33. The minimum absolute atomic E-state index is 0.00391. The Balaban J connectivity index is 1.25. The van der Waals surface area contributed by atoms with Gasteiger partial charge in [0.05, 0.1) is 23.5 Å². The van der Waals surface area contributed by atoms with E-state index in [4.69, 9.17) is 21.8 Å². The average Bonchev–Trinajstić information content (AvgIpc) is 3.27. The molecule has 9 heteroatoms. The molecule has 1 amide bonds. The Hall–Kier alpha value is -1.74. The fraction of sp³-hybridized carbons (Fsp3) is 0.816. The fourth-order valence-electron chi connectivity index (χ4n) is 12.0. The predicted molar refractivity (Wildman–Crippen MR) is 191 cm³/mol. The Morgan fingerprint density at radius 3 is 2.38 bits per heavy atom. The number of thioether (sulfide) groups is 1. The summed E-state index contributed by atoms with van der Waals surface area (Å²) >= 11 is 6.70. The van der Waals surface area contributed by atoms with Crippen LogP contribution in [0.15, 0.2) is 16.8 Å². The van der Waals surface area contributed by atoms with Crippen LogP contribution < -0.4 is 0 Å². The number of hydrogen-bond donors (Lipinski definition) is 0. The maximum atomic E-state index is 13.5. The summed E-state index contributed by atoms with van der Waals surface area (Å²) in [5.74, 6) is 0.497. The number of carbonyl (C=O) groups is 3. The molecule has 1 aliphatic heterocycles. The summed E-state index contributed by atoms with van der Waals surface area (Å²) in [6.45, 7) is 18.7. The van der Waals surface area contributed by atoms with Crippen molar-refractivity contribution in [3.8, 4) is 0 Å². The van der Waals surface area contributed by atoms with E-state index in [1.54, 1.807) is 12.7 Å². The van der Waals surface area contributed by atoms with Crippen molar-refractivity contribution in [1.29, 1.82) is 0 Å². The van der Waals surface area contributed by atoms with Gasteiger partial charge in [0.1, 0.15) is 10.9 Å². The van der Waals surface area contributed by atoms with Crippen LogP contribution in [-0.2, 0) is 24.0 Å². The maximum absolute atomic E-state index is 13.5. The summed E-state index contributed by atoms with van der Waals surface area (Å²) in [4.78, 5) is 45.9. The zero-order valence-electron chi connectivity index (χ0n) is 30.1. The molecule has 8 atom stereocenters. The summed E-state index contributed by atoms with van der Waals surface area (Å²) in [5, 5.41) is 4.28. The van der Waals surface area contributed by atoms with E-state index in [0.717, 1.165) is 69.9 Å². The third-order valence-corrected chi connectivity index (χ3v) is 16.7. The quantitative estimate of drug-likeness (QED) is 0.0944. The Kier molecular flexibility index (Phi) is 8.71. The number of methoxy groups -OCH3 is 1. The van der Waals surface area contributed by atoms with Crippen LogP contribution >= 0.6 is 24.0 Å². The second kappa shape index (κ2) is 11.7. The van der Waals surface area contributed by atoms with Crippen molar-refractivity contribution < 1.29 is 24.0 Å². The number of allylic oxidation sites excluding steroid dienone is 2. The summed E-state index contributed by atoms with van der Waals surface area (Å²) in [6.07, 6.45) is 13.3. The minimum atomic E-state index is -0.546. The zero-order chi connectivity index (χ0) is 34.4. The van der Waals surface area contributed by atoms with Crippen LogP contribution in [0.2, 0.25) is 0 Å². The van der Waals surface area contributed by atoms with E-state index in [1.807, 2.05) is 6.92 Å². The molecule has 47 heavy (non-hydrogen) atoms. The largest absolute Gasteiger partial charge is 0.469 e. The molecule has 1 heterocycles. The van der Waals surface area contributed by atoms with Gasteiger partial charge < -0.3 is 9.57 Å². The molecule has 7 nitrogen and oxygen atoms in total. The van der Waals surface area contributed by atoms with Crippen molar-refractivity contribution in [3.63, 3.8) is 0 Å². The van der Waals surface area contributed by atoms with E-state index < -0.39 is 5.97 Å². The van der Waals surface area contributed by atoms with Gasteiger partial charge in [0, 0.05) is 5.41 Å². The van der Waals surface area contributed by atoms with Crippen molar-refractivity contribution in [1.82, 2.24) is 4.90 Å². The molecule has 0 N–H and O–H groups in total. The molecule has 0 aromatic rings. The summed E-state index contributed by atoms with van der Waals surface area (Å²) in [7, 11) is 1.57. The Morgan fingerprint density at radius 1 is 1.02 bits per heavy atom. The van der Waals surface area contributed by atoms with Crippen molar-refractivity contribution in [3.05, 3.63) is 11.6 Å². The van der Waals surface area contributed by atoms with Gasteiger partial charge >= 0.3 is 11.9 Å². The second-order valence-corrected chi connectivity index (χ2v) is 19.6. The highest BCUT2D eigenvalue weighted by Crippen LogP contribution is 2.75. The summed E-state index contributed by atoms with van der Waals surface area (Å²) in [6, 6.07) is 0. The van der Waals surface area contributed by atoms with Gasteiger partial charge in [-0.1, -0.05) is 96.2 Å². The number of thiocarbonyl (C=S) groups is 1. The lowest BCUT2D eigenvalue weighted by Crippen LogP contribution is -2.64. The third kappa shape index (κ3) is 5.12. The first-order valence-electron chi connectivity index (χ1n) is 18.0. The summed E-state index contributed by atoms with van der Waals surface area (Å²) < 4.78 is 5.97. The van der Waals surface area contributed by atoms with E-state index in [-0.39, 0.29) is 62.1 Å². The van der Waals surface area contributed by atoms with Gasteiger partial charge in [-0.3, -0.25) is 14.5 Å². The van der Waals surface area contributed by atoms with Crippen molar-refractivity contribution >= 4 is 51.9 Å². The summed E-state index contributed by atoms with van der Waals surface area (Å²) in [5.41, 5.74) is 2.34. The normalized spacial score (nSPS) is 42.9. The predicted octanol–water partition coefficient (Wildman–Crippen LogP) is 8.50. The number of hydrogen-bond acceptors (Lipinski definition) is 8. The van der Waals surface area contributed by atoms with Gasteiger partial charge in [-0.05, 0) is 110 Å². The molecule has 0 bridgehead atoms. The molecule has 1 saturated heterocycles. The smallest absolute Gasteiger partial charge is 0.354 e. The highest BCUT2D eigenvalue weighted by molar-refractivity contribution is 8.24. The molecular weight excluding hydrogens is 629 g/mol. The second-order valence-electron chi connectivity index (χ2n) is 17.8. The number of esters is 1. The number of ether oxygens (including phenoxy) is 1. The van der Waals surface area contributed by atoms with Gasteiger partial charge in [0.25, 0.3) is 0 Å². The third-order valence-electron chi connectivity index (χ3n) is 14.9. The van der Waals surface area contributed by atoms with Crippen LogP contribution in [0.1, 0.15) is 126 Å². The number of oxime groups is 1. The van der Waals surface area contributed by atoms with E-state index >= 15 is 0 Å². The zero-order valence-corrected chi connectivity index (χ0v) is 31.8. The number of rotatable bonds is 5. The lowest BCUT2D eigenvalue weighted by Gasteiger charge is -2.70. The van der Waals surface area contributed by atoms with Gasteiger partial charge in [0.15, 0.2) is 0 Å². The Labute approximate surface area is 291 Å².